The van der Waals surface area contributed by atoms with Gasteiger partial charge in [-0.3, -0.25) is 9.69 Å². The second-order valence-corrected chi connectivity index (χ2v) is 6.01. The molecule has 0 fully saturated rings. The number of nitrogens with zero attached hydrogens (tertiary/aromatic N) is 1. The topological polar surface area (TPSA) is 40.5 Å². The first-order chi connectivity index (χ1) is 12.1. The van der Waals surface area contributed by atoms with E-state index >= 15 is 0 Å². The second kappa shape index (κ2) is 9.60. The summed E-state index contributed by atoms with van der Waals surface area (Å²) in [6, 6.07) is 19.9. The van der Waals surface area contributed by atoms with E-state index in [4.69, 9.17) is 0 Å². The predicted octanol–water partition coefficient (Wildman–Crippen LogP) is 4.79. The van der Waals surface area contributed by atoms with Gasteiger partial charge in [0.1, 0.15) is 0 Å². The van der Waals surface area contributed by atoms with Crippen LogP contribution < -0.4 is 0 Å². The molecule has 2 aromatic rings. The average Bonchev–Trinajstić information content (AvgIpc) is 2.64. The van der Waals surface area contributed by atoms with Crippen molar-refractivity contribution in [2.75, 3.05) is 6.54 Å². The zero-order valence-corrected chi connectivity index (χ0v) is 14.6. The maximum Gasteiger partial charge on any atom is 0.305 e. The number of hydrogen-bond acceptors (Lipinski definition) is 2. The monoisotopic (exact) mass is 335 g/mol. The van der Waals surface area contributed by atoms with Crippen LogP contribution in [0, 0.1) is 0 Å². The lowest BCUT2D eigenvalue weighted by atomic mass is 10.0. The maximum atomic E-state index is 11.4. The summed E-state index contributed by atoms with van der Waals surface area (Å²) in [7, 11) is 0. The van der Waals surface area contributed by atoms with E-state index in [1.807, 2.05) is 66.8 Å². The van der Waals surface area contributed by atoms with Gasteiger partial charge in [0.2, 0.25) is 0 Å². The van der Waals surface area contributed by atoms with Crippen molar-refractivity contribution in [2.45, 2.75) is 25.4 Å². The van der Waals surface area contributed by atoms with Gasteiger partial charge in [0, 0.05) is 18.6 Å². The molecule has 2 unspecified atom stereocenters. The first-order valence-corrected chi connectivity index (χ1v) is 8.48. The third-order valence-electron chi connectivity index (χ3n) is 4.24. The van der Waals surface area contributed by atoms with E-state index in [2.05, 4.69) is 30.5 Å². The molecule has 0 bridgehead atoms. The van der Waals surface area contributed by atoms with Crippen LogP contribution in [0.1, 0.15) is 30.5 Å². The molecule has 0 aliphatic rings. The van der Waals surface area contributed by atoms with Crippen LogP contribution in [0.4, 0.5) is 0 Å². The Hall–Kier alpha value is -2.65. The third-order valence-corrected chi connectivity index (χ3v) is 4.24. The van der Waals surface area contributed by atoms with Crippen molar-refractivity contribution in [1.82, 2.24) is 4.90 Å². The molecule has 3 nitrogen and oxygen atoms in total. The van der Waals surface area contributed by atoms with Crippen molar-refractivity contribution < 1.29 is 9.90 Å². The molecule has 0 amide bonds. The molecule has 0 spiro atoms. The molecular formula is C22H25NO2. The predicted molar refractivity (Wildman–Crippen MR) is 103 cm³/mol. The molecule has 0 saturated heterocycles. The molecule has 130 valence electrons. The van der Waals surface area contributed by atoms with Crippen LogP contribution in [-0.2, 0) is 4.79 Å². The lowest BCUT2D eigenvalue weighted by molar-refractivity contribution is -0.138. The van der Waals surface area contributed by atoms with E-state index < -0.39 is 5.97 Å². The van der Waals surface area contributed by atoms with Crippen LogP contribution in [0.3, 0.4) is 0 Å². The first kappa shape index (κ1) is 18.7. The molecule has 0 aromatic heterocycles. The molecule has 1 N–H and O–H groups in total. The summed E-state index contributed by atoms with van der Waals surface area (Å²) in [6.07, 6.45) is 5.84. The number of carboxylic acids is 1. The fraction of sp³-hybridized carbons (Fsp3) is 0.227. The Bertz CT molecular complexity index is 694. The summed E-state index contributed by atoms with van der Waals surface area (Å²) in [4.78, 5) is 13.6. The molecule has 0 radical (unpaired) electrons. The van der Waals surface area contributed by atoms with Gasteiger partial charge in [0.25, 0.3) is 0 Å². The Balaban J connectivity index is 2.28. The third kappa shape index (κ3) is 5.73. The van der Waals surface area contributed by atoms with E-state index in [9.17, 15) is 9.90 Å². The summed E-state index contributed by atoms with van der Waals surface area (Å²) in [6.45, 7) is 6.56. The van der Waals surface area contributed by atoms with Gasteiger partial charge in [-0.05, 0) is 18.1 Å². The van der Waals surface area contributed by atoms with Crippen LogP contribution in [0.5, 0.6) is 0 Å². The zero-order chi connectivity index (χ0) is 18.1. The molecule has 2 aromatic carbocycles. The van der Waals surface area contributed by atoms with Crippen molar-refractivity contribution in [3.05, 3.63) is 90.5 Å². The largest absolute Gasteiger partial charge is 0.481 e. The lowest BCUT2D eigenvalue weighted by Crippen LogP contribution is -2.37. The summed E-state index contributed by atoms with van der Waals surface area (Å²) in [5, 5.41) is 9.36. The highest BCUT2D eigenvalue weighted by molar-refractivity contribution is 5.68. The molecule has 0 aliphatic heterocycles. The number of aliphatic carboxylic acids is 1. The molecule has 0 aliphatic carbocycles. The minimum Gasteiger partial charge on any atom is -0.481 e. The molecule has 0 saturated carbocycles. The van der Waals surface area contributed by atoms with Gasteiger partial charge in [-0.1, -0.05) is 78.9 Å². The lowest BCUT2D eigenvalue weighted by Gasteiger charge is -2.34. The van der Waals surface area contributed by atoms with E-state index in [1.165, 1.54) is 0 Å². The molecule has 2 atom stereocenters. The number of benzene rings is 2. The van der Waals surface area contributed by atoms with Gasteiger partial charge in [-0.15, -0.1) is 6.58 Å². The zero-order valence-electron chi connectivity index (χ0n) is 14.6. The van der Waals surface area contributed by atoms with E-state index in [1.54, 1.807) is 0 Å². The molecule has 3 heteroatoms. The fourth-order valence-electron chi connectivity index (χ4n) is 2.91. The second-order valence-electron chi connectivity index (χ2n) is 6.01. The van der Waals surface area contributed by atoms with Crippen LogP contribution in [-0.4, -0.2) is 28.6 Å². The van der Waals surface area contributed by atoms with Gasteiger partial charge >= 0.3 is 5.97 Å². The minimum absolute atomic E-state index is 0.0499. The fourth-order valence-corrected chi connectivity index (χ4v) is 2.91. The Morgan fingerprint density at radius 3 is 2.28 bits per heavy atom. The van der Waals surface area contributed by atoms with Crippen molar-refractivity contribution in [3.63, 3.8) is 0 Å². The summed E-state index contributed by atoms with van der Waals surface area (Å²) in [5.41, 5.74) is 2.22. The van der Waals surface area contributed by atoms with Gasteiger partial charge < -0.3 is 5.11 Å². The standard InChI is InChI=1S/C22H25NO2/c1-3-16-23(18(2)20-12-8-5-9-13-20)21(17-22(24)25)15-14-19-10-6-4-7-11-19/h3-15,18,21H,1,16-17H2,2H3,(H,24,25)/b15-14+. The number of carbonyl (C=O) groups is 1. The number of carboxylic acid groups (broad SMARTS) is 1. The highest BCUT2D eigenvalue weighted by Crippen LogP contribution is 2.24. The van der Waals surface area contributed by atoms with E-state index in [0.29, 0.717) is 6.54 Å². The van der Waals surface area contributed by atoms with Crippen LogP contribution >= 0.6 is 0 Å². The maximum absolute atomic E-state index is 11.4. The SMILES string of the molecule is C=CCN(C(/C=C/c1ccccc1)CC(=O)O)C(C)c1ccccc1. The Kier molecular flexibility index (Phi) is 7.17. The number of rotatable bonds is 9. The number of hydrogen-bond donors (Lipinski definition) is 1. The smallest absolute Gasteiger partial charge is 0.305 e. The Labute approximate surface area is 149 Å². The summed E-state index contributed by atoms with van der Waals surface area (Å²) < 4.78 is 0. The minimum atomic E-state index is -0.808. The van der Waals surface area contributed by atoms with Crippen LogP contribution in [0.25, 0.3) is 6.08 Å². The quantitative estimate of drug-likeness (QED) is 0.670. The van der Waals surface area contributed by atoms with Gasteiger partial charge in [-0.25, -0.2) is 0 Å². The first-order valence-electron chi connectivity index (χ1n) is 8.48. The van der Waals surface area contributed by atoms with Crippen molar-refractivity contribution in [1.29, 1.82) is 0 Å². The Morgan fingerprint density at radius 1 is 1.12 bits per heavy atom. The van der Waals surface area contributed by atoms with Gasteiger partial charge in [0.05, 0.1) is 6.42 Å². The van der Waals surface area contributed by atoms with Gasteiger partial charge in [-0.2, -0.15) is 0 Å². The van der Waals surface area contributed by atoms with Crippen molar-refractivity contribution in [2.24, 2.45) is 0 Å². The van der Waals surface area contributed by atoms with Gasteiger partial charge in [0.15, 0.2) is 0 Å². The van der Waals surface area contributed by atoms with Crippen LogP contribution in [0.2, 0.25) is 0 Å². The van der Waals surface area contributed by atoms with Crippen molar-refractivity contribution >= 4 is 12.0 Å². The highest BCUT2D eigenvalue weighted by atomic mass is 16.4. The normalized spacial score (nSPS) is 13.7. The summed E-state index contributed by atoms with van der Waals surface area (Å²) >= 11 is 0. The molecular weight excluding hydrogens is 310 g/mol. The molecule has 25 heavy (non-hydrogen) atoms. The Morgan fingerprint density at radius 2 is 1.72 bits per heavy atom. The average molecular weight is 335 g/mol. The van der Waals surface area contributed by atoms with Crippen molar-refractivity contribution in [3.8, 4) is 0 Å². The molecule has 0 heterocycles. The molecule has 2 rings (SSSR count). The van der Waals surface area contributed by atoms with E-state index in [-0.39, 0.29) is 18.5 Å². The highest BCUT2D eigenvalue weighted by Gasteiger charge is 2.23. The van der Waals surface area contributed by atoms with E-state index in [0.717, 1.165) is 11.1 Å². The summed E-state index contributed by atoms with van der Waals surface area (Å²) in [5.74, 6) is -0.808. The van der Waals surface area contributed by atoms with Crippen LogP contribution in [0.15, 0.2) is 79.4 Å².